The normalized spacial score (nSPS) is 11.3. The van der Waals surface area contributed by atoms with Crippen LogP contribution in [0.3, 0.4) is 0 Å². The average molecular weight is 347 g/mol. The number of alkyl halides is 3. The van der Waals surface area contributed by atoms with Crippen LogP contribution in [0.1, 0.15) is 16.8 Å². The fourth-order valence-corrected chi connectivity index (χ4v) is 2.15. The van der Waals surface area contributed by atoms with E-state index in [1.165, 1.54) is 6.07 Å². The highest BCUT2D eigenvalue weighted by Gasteiger charge is 2.30. The molecule has 0 fully saturated rings. The van der Waals surface area contributed by atoms with Crippen molar-refractivity contribution in [2.45, 2.75) is 12.8 Å². The molecule has 0 aliphatic rings. The molecule has 0 aliphatic heterocycles. The molecule has 0 unspecified atom stereocenters. The molecule has 25 heavy (non-hydrogen) atoms. The van der Waals surface area contributed by atoms with Crippen molar-refractivity contribution in [3.63, 3.8) is 0 Å². The van der Waals surface area contributed by atoms with E-state index in [0.29, 0.717) is 11.4 Å². The number of pyridine rings is 1. The lowest BCUT2D eigenvalue weighted by Gasteiger charge is -2.09. The maximum atomic E-state index is 12.5. The summed E-state index contributed by atoms with van der Waals surface area (Å²) in [5.41, 5.74) is 1.63. The van der Waals surface area contributed by atoms with Crippen molar-refractivity contribution in [2.24, 2.45) is 0 Å². The number of aromatic amines is 1. The molecule has 0 saturated carbocycles. The third-order valence-corrected chi connectivity index (χ3v) is 3.36. The summed E-state index contributed by atoms with van der Waals surface area (Å²) in [6.07, 6.45) is -2.60. The molecule has 2 heterocycles. The topological polar surface area (TPSA) is 87.5 Å². The molecule has 0 bridgehead atoms. The van der Waals surface area contributed by atoms with Crippen LogP contribution in [-0.4, -0.2) is 26.6 Å². The number of nitrogens with one attached hydrogen (secondary N) is 2. The Bertz CT molecular complexity index is 874. The van der Waals surface area contributed by atoms with E-state index in [0.717, 1.165) is 29.6 Å². The van der Waals surface area contributed by atoms with E-state index >= 15 is 0 Å². The van der Waals surface area contributed by atoms with Gasteiger partial charge in [-0.2, -0.15) is 28.6 Å². The number of hydrogen-bond acceptors (Lipinski definition) is 5. The third kappa shape index (κ3) is 3.82. The molecule has 0 atom stereocenters. The van der Waals surface area contributed by atoms with Crippen molar-refractivity contribution in [3.05, 3.63) is 59.4 Å². The monoisotopic (exact) mass is 347 g/mol. The summed E-state index contributed by atoms with van der Waals surface area (Å²) in [5, 5.41) is 17.6. The lowest BCUT2D eigenvalue weighted by atomic mass is 10.1. The third-order valence-electron chi connectivity index (χ3n) is 3.36. The predicted molar refractivity (Wildman–Crippen MR) is 83.3 cm³/mol. The molecule has 3 rings (SSSR count). The zero-order chi connectivity index (χ0) is 17.9. The van der Waals surface area contributed by atoms with Crippen LogP contribution in [0.15, 0.2) is 42.6 Å². The SMILES string of the molecule is N=Cc1n[nH]nc1-c1cccc(COc2ccc(C(F)(F)F)cn2)c1. The molecule has 9 heteroatoms. The van der Waals surface area contributed by atoms with Gasteiger partial charge in [0.15, 0.2) is 0 Å². The van der Waals surface area contributed by atoms with Gasteiger partial charge >= 0.3 is 6.18 Å². The minimum atomic E-state index is -4.43. The van der Waals surface area contributed by atoms with Gasteiger partial charge in [0.1, 0.15) is 18.0 Å². The van der Waals surface area contributed by atoms with Crippen molar-refractivity contribution in [2.75, 3.05) is 0 Å². The number of nitrogens with zero attached hydrogens (tertiary/aromatic N) is 3. The van der Waals surface area contributed by atoms with E-state index in [-0.39, 0.29) is 12.5 Å². The summed E-state index contributed by atoms with van der Waals surface area (Å²) in [5.74, 6) is 0.0972. The molecule has 0 amide bonds. The van der Waals surface area contributed by atoms with Crippen LogP contribution in [-0.2, 0) is 12.8 Å². The summed E-state index contributed by atoms with van der Waals surface area (Å²) < 4.78 is 42.9. The maximum absolute atomic E-state index is 12.5. The summed E-state index contributed by atoms with van der Waals surface area (Å²) >= 11 is 0. The van der Waals surface area contributed by atoms with Crippen molar-refractivity contribution in [1.29, 1.82) is 5.41 Å². The lowest BCUT2D eigenvalue weighted by Crippen LogP contribution is -2.06. The molecule has 128 valence electrons. The van der Waals surface area contributed by atoms with Crippen LogP contribution in [0.25, 0.3) is 11.3 Å². The van der Waals surface area contributed by atoms with Gasteiger partial charge in [-0.1, -0.05) is 18.2 Å². The van der Waals surface area contributed by atoms with Crippen LogP contribution in [0, 0.1) is 5.41 Å². The molecule has 2 aromatic heterocycles. The van der Waals surface area contributed by atoms with Gasteiger partial charge in [0.05, 0.1) is 5.56 Å². The Hall–Kier alpha value is -3.23. The van der Waals surface area contributed by atoms with Gasteiger partial charge in [-0.25, -0.2) is 4.98 Å². The highest BCUT2D eigenvalue weighted by Crippen LogP contribution is 2.29. The van der Waals surface area contributed by atoms with Crippen LogP contribution in [0.5, 0.6) is 5.88 Å². The van der Waals surface area contributed by atoms with E-state index in [9.17, 15) is 13.2 Å². The van der Waals surface area contributed by atoms with Gasteiger partial charge in [-0.15, -0.1) is 0 Å². The lowest BCUT2D eigenvalue weighted by molar-refractivity contribution is -0.137. The molecule has 0 spiro atoms. The predicted octanol–water partition coefficient (Wildman–Crippen LogP) is 3.46. The van der Waals surface area contributed by atoms with Crippen LogP contribution in [0.2, 0.25) is 0 Å². The van der Waals surface area contributed by atoms with Gasteiger partial charge in [0.25, 0.3) is 0 Å². The number of halogens is 3. The minimum absolute atomic E-state index is 0.0972. The minimum Gasteiger partial charge on any atom is -0.473 e. The average Bonchev–Trinajstić information content (AvgIpc) is 3.08. The van der Waals surface area contributed by atoms with E-state index in [2.05, 4.69) is 20.4 Å². The highest BCUT2D eigenvalue weighted by atomic mass is 19.4. The Labute approximate surface area is 140 Å². The van der Waals surface area contributed by atoms with Crippen LogP contribution in [0.4, 0.5) is 13.2 Å². The van der Waals surface area contributed by atoms with Gasteiger partial charge < -0.3 is 10.1 Å². The summed E-state index contributed by atoms with van der Waals surface area (Å²) in [6, 6.07) is 9.30. The maximum Gasteiger partial charge on any atom is 0.417 e. The Morgan fingerprint density at radius 3 is 2.68 bits per heavy atom. The molecule has 1 aromatic carbocycles. The molecular formula is C16H12F3N5O. The van der Waals surface area contributed by atoms with Crippen LogP contribution < -0.4 is 4.74 Å². The zero-order valence-corrected chi connectivity index (χ0v) is 12.7. The Balaban J connectivity index is 1.72. The largest absolute Gasteiger partial charge is 0.473 e. The van der Waals surface area contributed by atoms with Crippen molar-refractivity contribution < 1.29 is 17.9 Å². The van der Waals surface area contributed by atoms with Gasteiger partial charge in [0, 0.05) is 24.0 Å². The number of ether oxygens (including phenoxy) is 1. The number of hydrogen-bond donors (Lipinski definition) is 2. The second-order valence-corrected chi connectivity index (χ2v) is 5.07. The second kappa shape index (κ2) is 6.71. The van der Waals surface area contributed by atoms with Crippen molar-refractivity contribution in [3.8, 4) is 17.1 Å². The molecule has 0 aliphatic carbocycles. The van der Waals surface area contributed by atoms with E-state index < -0.39 is 11.7 Å². The first-order valence-electron chi connectivity index (χ1n) is 7.14. The first kappa shape index (κ1) is 16.6. The number of H-pyrrole nitrogens is 1. The molecule has 0 radical (unpaired) electrons. The van der Waals surface area contributed by atoms with Crippen molar-refractivity contribution in [1.82, 2.24) is 20.4 Å². The van der Waals surface area contributed by atoms with E-state index in [4.69, 9.17) is 10.1 Å². The number of aromatic nitrogens is 4. The fourth-order valence-electron chi connectivity index (χ4n) is 2.15. The summed E-state index contributed by atoms with van der Waals surface area (Å²) in [4.78, 5) is 3.66. The van der Waals surface area contributed by atoms with Gasteiger partial charge in [-0.05, 0) is 17.7 Å². The van der Waals surface area contributed by atoms with E-state index in [1.807, 2.05) is 6.07 Å². The molecule has 2 N–H and O–H groups in total. The van der Waals surface area contributed by atoms with Gasteiger partial charge in [0.2, 0.25) is 5.88 Å². The number of rotatable bonds is 5. The van der Waals surface area contributed by atoms with Gasteiger partial charge in [-0.3, -0.25) is 0 Å². The fraction of sp³-hybridized carbons (Fsp3) is 0.125. The molecule has 3 aromatic rings. The molecule has 0 saturated heterocycles. The van der Waals surface area contributed by atoms with Crippen molar-refractivity contribution >= 4 is 6.21 Å². The summed E-state index contributed by atoms with van der Waals surface area (Å²) in [6.45, 7) is 0.129. The highest BCUT2D eigenvalue weighted by molar-refractivity contribution is 5.84. The first-order valence-corrected chi connectivity index (χ1v) is 7.14. The summed E-state index contributed by atoms with van der Waals surface area (Å²) in [7, 11) is 0. The Morgan fingerprint density at radius 2 is 2.00 bits per heavy atom. The standard InChI is InChI=1S/C16H12F3N5O/c17-16(18,19)12-4-5-14(21-8-12)25-9-10-2-1-3-11(6-10)15-13(7-20)22-24-23-15/h1-8,20H,9H2,(H,22,23,24). The zero-order valence-electron chi connectivity index (χ0n) is 12.7. The van der Waals surface area contributed by atoms with E-state index in [1.54, 1.807) is 18.2 Å². The first-order chi connectivity index (χ1) is 12.0. The Morgan fingerprint density at radius 1 is 1.16 bits per heavy atom. The molecular weight excluding hydrogens is 335 g/mol. The Kier molecular flexibility index (Phi) is 4.46. The second-order valence-electron chi connectivity index (χ2n) is 5.07. The molecule has 6 nitrogen and oxygen atoms in total. The van der Waals surface area contributed by atoms with Crippen LogP contribution >= 0.6 is 0 Å². The number of benzene rings is 1. The quantitative estimate of drug-likeness (QED) is 0.692. The smallest absolute Gasteiger partial charge is 0.417 e.